The third-order valence-corrected chi connectivity index (χ3v) is 3.22. The Labute approximate surface area is 117 Å². The van der Waals surface area contributed by atoms with Crippen LogP contribution >= 0.6 is 11.6 Å². The lowest BCUT2D eigenvalue weighted by Crippen LogP contribution is -1.98. The molecule has 0 unspecified atom stereocenters. The number of nitrogens with zero attached hydrogens (tertiary/aromatic N) is 3. The number of hydrogen-bond acceptors (Lipinski definition) is 2. The first-order chi connectivity index (χ1) is 9.02. The average molecular weight is 272 g/mol. The van der Waals surface area contributed by atoms with Crippen LogP contribution in [0.3, 0.4) is 0 Å². The molecule has 1 aromatic carbocycles. The van der Waals surface area contributed by atoms with Gasteiger partial charge in [-0.25, -0.2) is 4.98 Å². The van der Waals surface area contributed by atoms with Gasteiger partial charge in [-0.3, -0.25) is 0 Å². The van der Waals surface area contributed by atoms with E-state index in [-0.39, 0.29) is 0 Å². The number of rotatable bonds is 3. The standard InChI is InChI=1S/C15H14ClN3/c1-10(2)6-14-11(3)19(9-18-14)15-5-4-12(8-17)7-13(15)16/h4-5,7,9H,1,6H2,2-3H3. The molecule has 2 aromatic rings. The summed E-state index contributed by atoms with van der Waals surface area (Å²) in [6, 6.07) is 7.32. The van der Waals surface area contributed by atoms with Crippen molar-refractivity contribution in [2.45, 2.75) is 20.3 Å². The molecule has 0 fully saturated rings. The van der Waals surface area contributed by atoms with E-state index in [4.69, 9.17) is 16.9 Å². The van der Waals surface area contributed by atoms with Crippen molar-refractivity contribution in [1.82, 2.24) is 9.55 Å². The fourth-order valence-electron chi connectivity index (χ4n) is 1.92. The molecular formula is C15H14ClN3. The molecule has 0 N–H and O–H groups in total. The van der Waals surface area contributed by atoms with E-state index in [9.17, 15) is 0 Å². The van der Waals surface area contributed by atoms with Crippen molar-refractivity contribution in [2.24, 2.45) is 0 Å². The molecule has 0 saturated carbocycles. The minimum atomic E-state index is 0.543. The number of nitriles is 1. The van der Waals surface area contributed by atoms with Crippen LogP contribution in [0.2, 0.25) is 5.02 Å². The zero-order valence-electron chi connectivity index (χ0n) is 10.9. The van der Waals surface area contributed by atoms with Crippen LogP contribution in [0, 0.1) is 18.3 Å². The van der Waals surface area contributed by atoms with E-state index >= 15 is 0 Å². The second kappa shape index (κ2) is 5.29. The maximum atomic E-state index is 8.84. The summed E-state index contributed by atoms with van der Waals surface area (Å²) in [5, 5.41) is 9.39. The average Bonchev–Trinajstić information content (AvgIpc) is 2.70. The maximum Gasteiger partial charge on any atom is 0.0998 e. The molecule has 0 aliphatic carbocycles. The molecule has 0 atom stereocenters. The van der Waals surface area contributed by atoms with Crippen molar-refractivity contribution < 1.29 is 0 Å². The van der Waals surface area contributed by atoms with Gasteiger partial charge in [-0.2, -0.15) is 5.26 Å². The van der Waals surface area contributed by atoms with Gasteiger partial charge in [0, 0.05) is 12.1 Å². The van der Waals surface area contributed by atoms with Gasteiger partial charge in [0.25, 0.3) is 0 Å². The Morgan fingerprint density at radius 1 is 1.53 bits per heavy atom. The molecule has 3 nitrogen and oxygen atoms in total. The number of benzene rings is 1. The maximum absolute atomic E-state index is 8.84. The first kappa shape index (κ1) is 13.4. The fraction of sp³-hybridized carbons (Fsp3) is 0.200. The molecule has 0 aliphatic rings. The summed E-state index contributed by atoms with van der Waals surface area (Å²) in [6.07, 6.45) is 2.51. The third-order valence-electron chi connectivity index (χ3n) is 2.91. The van der Waals surface area contributed by atoms with E-state index in [1.54, 1.807) is 18.5 Å². The van der Waals surface area contributed by atoms with Crippen LogP contribution in [0.4, 0.5) is 0 Å². The van der Waals surface area contributed by atoms with Crippen LogP contribution in [-0.2, 0) is 6.42 Å². The summed E-state index contributed by atoms with van der Waals surface area (Å²) in [4.78, 5) is 4.39. The number of aromatic nitrogens is 2. The molecule has 19 heavy (non-hydrogen) atoms. The SMILES string of the molecule is C=C(C)Cc1ncn(-c2ccc(C#N)cc2Cl)c1C. The van der Waals surface area contributed by atoms with Crippen molar-refractivity contribution >= 4 is 11.6 Å². The van der Waals surface area contributed by atoms with E-state index in [1.807, 2.05) is 24.5 Å². The Hall–Kier alpha value is -2.05. The van der Waals surface area contributed by atoms with Gasteiger partial charge >= 0.3 is 0 Å². The van der Waals surface area contributed by atoms with E-state index in [0.29, 0.717) is 10.6 Å². The predicted molar refractivity (Wildman–Crippen MR) is 76.5 cm³/mol. The van der Waals surface area contributed by atoms with Crippen LogP contribution in [0.15, 0.2) is 36.7 Å². The molecule has 0 radical (unpaired) electrons. The molecule has 0 spiro atoms. The van der Waals surface area contributed by atoms with Gasteiger partial charge in [-0.1, -0.05) is 23.8 Å². The minimum Gasteiger partial charge on any atom is -0.302 e. The van der Waals surface area contributed by atoms with E-state index in [1.165, 1.54) is 0 Å². The number of halogens is 1. The van der Waals surface area contributed by atoms with Crippen LogP contribution in [0.1, 0.15) is 23.9 Å². The largest absolute Gasteiger partial charge is 0.302 e. The predicted octanol–water partition coefficient (Wildman–Crippen LogP) is 3.82. The number of allylic oxidation sites excluding steroid dienone is 1. The monoisotopic (exact) mass is 271 g/mol. The summed E-state index contributed by atoms with van der Waals surface area (Å²) in [7, 11) is 0. The summed E-state index contributed by atoms with van der Waals surface area (Å²) in [5.74, 6) is 0. The van der Waals surface area contributed by atoms with Gasteiger partial charge in [0.15, 0.2) is 0 Å². The van der Waals surface area contributed by atoms with Gasteiger partial charge in [0.2, 0.25) is 0 Å². The van der Waals surface area contributed by atoms with E-state index in [2.05, 4.69) is 17.6 Å². The first-order valence-corrected chi connectivity index (χ1v) is 6.28. The topological polar surface area (TPSA) is 41.6 Å². The fourth-order valence-corrected chi connectivity index (χ4v) is 2.19. The second-order valence-electron chi connectivity index (χ2n) is 4.56. The van der Waals surface area contributed by atoms with Crippen molar-refractivity contribution in [3.8, 4) is 11.8 Å². The number of hydrogen-bond donors (Lipinski definition) is 0. The second-order valence-corrected chi connectivity index (χ2v) is 4.97. The van der Waals surface area contributed by atoms with Gasteiger partial charge < -0.3 is 4.57 Å². The normalized spacial score (nSPS) is 10.2. The quantitative estimate of drug-likeness (QED) is 0.796. The molecule has 0 bridgehead atoms. The van der Waals surface area contributed by atoms with Crippen molar-refractivity contribution in [2.75, 3.05) is 0 Å². The Morgan fingerprint density at radius 2 is 2.26 bits per heavy atom. The molecule has 96 valence electrons. The Kier molecular flexibility index (Phi) is 3.73. The minimum absolute atomic E-state index is 0.543. The van der Waals surface area contributed by atoms with Crippen LogP contribution in [0.5, 0.6) is 0 Å². The zero-order valence-corrected chi connectivity index (χ0v) is 11.7. The summed E-state index contributed by atoms with van der Waals surface area (Å²) in [6.45, 7) is 7.88. The van der Waals surface area contributed by atoms with E-state index in [0.717, 1.165) is 29.1 Å². The smallest absolute Gasteiger partial charge is 0.0998 e. The zero-order chi connectivity index (χ0) is 14.0. The van der Waals surface area contributed by atoms with Crippen LogP contribution < -0.4 is 0 Å². The molecular weight excluding hydrogens is 258 g/mol. The highest BCUT2D eigenvalue weighted by atomic mass is 35.5. The van der Waals surface area contributed by atoms with Gasteiger partial charge in [-0.15, -0.1) is 0 Å². The molecule has 0 aliphatic heterocycles. The highest BCUT2D eigenvalue weighted by Crippen LogP contribution is 2.24. The Balaban J connectivity index is 2.46. The van der Waals surface area contributed by atoms with Gasteiger partial charge in [0.05, 0.1) is 34.4 Å². The van der Waals surface area contributed by atoms with Crippen LogP contribution in [-0.4, -0.2) is 9.55 Å². The van der Waals surface area contributed by atoms with E-state index < -0.39 is 0 Å². The van der Waals surface area contributed by atoms with Gasteiger partial charge in [0.1, 0.15) is 0 Å². The molecule has 2 rings (SSSR count). The summed E-state index contributed by atoms with van der Waals surface area (Å²) in [5.41, 5.74) is 4.48. The molecule has 0 amide bonds. The number of imidazole rings is 1. The highest BCUT2D eigenvalue weighted by Gasteiger charge is 2.11. The Morgan fingerprint density at radius 3 is 2.84 bits per heavy atom. The summed E-state index contributed by atoms with van der Waals surface area (Å²) >= 11 is 6.21. The molecule has 0 saturated heterocycles. The lowest BCUT2D eigenvalue weighted by atomic mass is 10.1. The highest BCUT2D eigenvalue weighted by molar-refractivity contribution is 6.32. The first-order valence-electron chi connectivity index (χ1n) is 5.90. The molecule has 4 heteroatoms. The third kappa shape index (κ3) is 2.69. The van der Waals surface area contributed by atoms with Crippen LogP contribution in [0.25, 0.3) is 5.69 Å². The van der Waals surface area contributed by atoms with Crippen molar-refractivity contribution in [3.05, 3.63) is 58.7 Å². The molecule has 1 heterocycles. The lowest BCUT2D eigenvalue weighted by Gasteiger charge is -2.08. The van der Waals surface area contributed by atoms with Gasteiger partial charge in [-0.05, 0) is 32.0 Å². The lowest BCUT2D eigenvalue weighted by molar-refractivity contribution is 0.989. The van der Waals surface area contributed by atoms with Crippen molar-refractivity contribution in [1.29, 1.82) is 5.26 Å². The Bertz CT molecular complexity index is 677. The molecule has 1 aromatic heterocycles. The van der Waals surface area contributed by atoms with Crippen molar-refractivity contribution in [3.63, 3.8) is 0 Å². The summed E-state index contributed by atoms with van der Waals surface area (Å²) < 4.78 is 1.93.